The van der Waals surface area contributed by atoms with E-state index >= 15 is 0 Å². The van der Waals surface area contributed by atoms with Gasteiger partial charge in [0.15, 0.2) is 0 Å². The van der Waals surface area contributed by atoms with Gasteiger partial charge in [-0.2, -0.15) is 74.6 Å². The van der Waals surface area contributed by atoms with Gasteiger partial charge < -0.3 is 5.11 Å². The molecule has 0 saturated carbocycles. The Morgan fingerprint density at radius 3 is 0.935 bits per heavy atom. The number of hydrogen-bond acceptors (Lipinski definition) is 1. The average Bonchev–Trinajstić information content (AvgIpc) is 2.50. The summed E-state index contributed by atoms with van der Waals surface area (Å²) in [5.41, 5.74) is -2.36. The van der Waals surface area contributed by atoms with Crippen molar-refractivity contribution in [2.24, 2.45) is 0 Å². The second-order valence-electron chi connectivity index (χ2n) is 6.96. The normalized spacial score (nSPS) is 16.6. The van der Waals surface area contributed by atoms with E-state index in [1.165, 1.54) is 0 Å². The molecule has 18 heteroatoms. The second-order valence-corrected chi connectivity index (χ2v) is 6.96. The molecule has 0 aliphatic heterocycles. The van der Waals surface area contributed by atoms with Crippen LogP contribution in [0.15, 0.2) is 0 Å². The Morgan fingerprint density at radius 1 is 0.419 bits per heavy atom. The molecular weight excluding hydrogens is 495 g/mol. The number of aliphatic hydroxyl groups is 1. The van der Waals surface area contributed by atoms with E-state index in [0.29, 0.717) is 13.8 Å². The Morgan fingerprint density at radius 2 is 0.677 bits per heavy atom. The van der Waals surface area contributed by atoms with Crippen LogP contribution in [0, 0.1) is 0 Å². The van der Waals surface area contributed by atoms with Crippen LogP contribution in [0.2, 0.25) is 0 Å². The molecular formula is C13H11F17O. The Kier molecular flexibility index (Phi) is 7.10. The van der Waals surface area contributed by atoms with Crippen LogP contribution in [-0.4, -0.2) is 58.3 Å². The lowest BCUT2D eigenvalue weighted by molar-refractivity contribution is -0.462. The van der Waals surface area contributed by atoms with Crippen LogP contribution >= 0.6 is 0 Å². The molecule has 0 heterocycles. The molecule has 1 N–H and O–H groups in total. The van der Waals surface area contributed by atoms with Crippen LogP contribution in [-0.2, 0) is 0 Å². The summed E-state index contributed by atoms with van der Waals surface area (Å²) in [6.07, 6.45) is -12.0. The fourth-order valence-electron chi connectivity index (χ4n) is 1.82. The highest BCUT2D eigenvalue weighted by Crippen LogP contribution is 2.64. The van der Waals surface area contributed by atoms with Crippen LogP contribution in [0.25, 0.3) is 0 Å². The summed E-state index contributed by atoms with van der Waals surface area (Å²) in [6.45, 7) is 1.23. The first-order valence-electron chi connectivity index (χ1n) is 7.39. The summed E-state index contributed by atoms with van der Waals surface area (Å²) < 4.78 is 221. The third kappa shape index (κ3) is 4.36. The minimum atomic E-state index is -8.63. The van der Waals surface area contributed by atoms with Crippen molar-refractivity contribution in [3.63, 3.8) is 0 Å². The van der Waals surface area contributed by atoms with Gasteiger partial charge in [0.25, 0.3) is 0 Å². The molecule has 0 aliphatic rings. The van der Waals surface area contributed by atoms with E-state index in [0.717, 1.165) is 0 Å². The van der Waals surface area contributed by atoms with Gasteiger partial charge in [-0.25, -0.2) is 0 Å². The molecule has 0 fully saturated rings. The van der Waals surface area contributed by atoms with Gasteiger partial charge >= 0.3 is 47.6 Å². The van der Waals surface area contributed by atoms with Crippen LogP contribution in [0.3, 0.4) is 0 Å². The van der Waals surface area contributed by atoms with Crippen LogP contribution in [0.1, 0.15) is 26.7 Å². The summed E-state index contributed by atoms with van der Waals surface area (Å²) >= 11 is 0. The molecule has 0 bridgehead atoms. The molecule has 0 spiro atoms. The minimum Gasteiger partial charge on any atom is -0.390 e. The van der Waals surface area contributed by atoms with E-state index in [2.05, 4.69) is 0 Å². The molecule has 0 amide bonds. The van der Waals surface area contributed by atoms with E-state index in [9.17, 15) is 74.6 Å². The van der Waals surface area contributed by atoms with Gasteiger partial charge in [0.2, 0.25) is 0 Å². The van der Waals surface area contributed by atoms with Crippen molar-refractivity contribution in [3.05, 3.63) is 0 Å². The van der Waals surface area contributed by atoms with Gasteiger partial charge in [-0.05, 0) is 20.3 Å². The Bertz CT molecular complexity index is 639. The highest BCUT2D eigenvalue weighted by atomic mass is 19.4. The maximum Gasteiger partial charge on any atom is 0.460 e. The van der Waals surface area contributed by atoms with Crippen molar-refractivity contribution in [3.8, 4) is 0 Å². The summed E-state index contributed by atoms with van der Waals surface area (Å²) in [6, 6.07) is 0. The van der Waals surface area contributed by atoms with Gasteiger partial charge in [0.1, 0.15) is 0 Å². The molecule has 0 atom stereocenters. The Balaban J connectivity index is 6.56. The van der Waals surface area contributed by atoms with Crippen LogP contribution < -0.4 is 0 Å². The number of rotatable bonds is 9. The Labute approximate surface area is 161 Å². The molecule has 188 valence electrons. The molecule has 0 unspecified atom stereocenters. The van der Waals surface area contributed by atoms with Gasteiger partial charge in [-0.1, -0.05) is 0 Å². The van der Waals surface area contributed by atoms with E-state index in [-0.39, 0.29) is 0 Å². The van der Waals surface area contributed by atoms with Crippen molar-refractivity contribution in [1.82, 2.24) is 0 Å². The highest BCUT2D eigenvalue weighted by molar-refractivity contribution is 5.15. The zero-order valence-corrected chi connectivity index (χ0v) is 14.8. The maximum absolute atomic E-state index is 13.4. The van der Waals surface area contributed by atoms with Crippen molar-refractivity contribution in [2.75, 3.05) is 0 Å². The highest BCUT2D eigenvalue weighted by Gasteiger charge is 2.95. The lowest BCUT2D eigenvalue weighted by atomic mass is 9.87. The van der Waals surface area contributed by atoms with Gasteiger partial charge in [0.05, 0.1) is 5.60 Å². The van der Waals surface area contributed by atoms with E-state index < -0.39 is 66.1 Å². The van der Waals surface area contributed by atoms with E-state index in [1.54, 1.807) is 0 Å². The van der Waals surface area contributed by atoms with Crippen molar-refractivity contribution in [1.29, 1.82) is 0 Å². The van der Waals surface area contributed by atoms with Crippen LogP contribution in [0.5, 0.6) is 0 Å². The second kappa shape index (κ2) is 7.40. The molecule has 0 aliphatic carbocycles. The van der Waals surface area contributed by atoms with Crippen molar-refractivity contribution >= 4 is 0 Å². The summed E-state index contributed by atoms with van der Waals surface area (Å²) in [5, 5.41) is 9.09. The molecule has 0 rings (SSSR count). The van der Waals surface area contributed by atoms with E-state index in [1.807, 2.05) is 0 Å². The van der Waals surface area contributed by atoms with Gasteiger partial charge in [-0.15, -0.1) is 0 Å². The smallest absolute Gasteiger partial charge is 0.390 e. The zero-order chi connectivity index (χ0) is 25.9. The van der Waals surface area contributed by atoms with Gasteiger partial charge in [-0.3, -0.25) is 0 Å². The Hall–Kier alpha value is -1.23. The van der Waals surface area contributed by atoms with Crippen molar-refractivity contribution in [2.45, 2.75) is 79.9 Å². The molecule has 1 nitrogen and oxygen atoms in total. The monoisotopic (exact) mass is 506 g/mol. The fraction of sp³-hybridized carbons (Fsp3) is 1.00. The predicted molar refractivity (Wildman–Crippen MR) is 66.2 cm³/mol. The number of hydrogen-bond donors (Lipinski definition) is 1. The maximum atomic E-state index is 13.4. The standard InChI is InChI=1S/C13H11F17O/c1-5(2,31)3-4-6(14,15)7(16,17)8(18,19)9(20,21)10(22,23)11(24,25)12(26,27)13(28,29)30/h31H,3-4H2,1-2H3. The molecule has 0 aromatic rings. The van der Waals surface area contributed by atoms with Gasteiger partial charge in [0, 0.05) is 6.42 Å². The van der Waals surface area contributed by atoms with Crippen molar-refractivity contribution < 1.29 is 79.7 Å². The number of alkyl halides is 17. The quantitative estimate of drug-likeness (QED) is 0.352. The first-order valence-corrected chi connectivity index (χ1v) is 7.39. The fourth-order valence-corrected chi connectivity index (χ4v) is 1.82. The summed E-state index contributed by atoms with van der Waals surface area (Å²) in [7, 11) is 0. The summed E-state index contributed by atoms with van der Waals surface area (Å²) in [5.74, 6) is -56.3. The molecule has 0 aromatic heterocycles. The molecule has 0 aromatic carbocycles. The lowest BCUT2D eigenvalue weighted by Gasteiger charge is -2.43. The molecule has 0 radical (unpaired) electrons. The third-order valence-corrected chi connectivity index (χ3v) is 3.84. The first kappa shape index (κ1) is 29.8. The summed E-state index contributed by atoms with van der Waals surface area (Å²) in [4.78, 5) is 0. The number of halogens is 17. The zero-order valence-electron chi connectivity index (χ0n) is 14.8. The largest absolute Gasteiger partial charge is 0.460 e. The SMILES string of the molecule is CC(C)(O)CCC(F)(F)C(F)(F)C(F)(F)C(F)(F)C(F)(F)C(F)(F)C(F)(F)C(F)(F)F. The topological polar surface area (TPSA) is 20.2 Å². The molecule has 31 heavy (non-hydrogen) atoms. The predicted octanol–water partition coefficient (Wildman–Crippen LogP) is 6.55. The minimum absolute atomic E-state index is 0.613. The first-order chi connectivity index (χ1) is 13.0. The molecule has 0 saturated heterocycles. The van der Waals surface area contributed by atoms with E-state index in [4.69, 9.17) is 5.11 Å². The third-order valence-electron chi connectivity index (χ3n) is 3.84. The average molecular weight is 506 g/mol. The van der Waals surface area contributed by atoms with Crippen LogP contribution in [0.4, 0.5) is 74.6 Å². The lowest BCUT2D eigenvalue weighted by Crippen LogP contribution is -2.74.